The van der Waals surface area contributed by atoms with Crippen LogP contribution in [0.25, 0.3) is 0 Å². The Bertz CT molecular complexity index is 434. The number of aliphatic hydroxyl groups is 1. The molecule has 0 heterocycles. The fourth-order valence-electron chi connectivity index (χ4n) is 2.02. The van der Waals surface area contributed by atoms with Gasteiger partial charge in [-0.05, 0) is 50.5 Å². The number of ether oxygens (including phenoxy) is 1. The predicted molar refractivity (Wildman–Crippen MR) is 72.9 cm³/mol. The highest BCUT2D eigenvalue weighted by molar-refractivity contribution is 5.28. The van der Waals surface area contributed by atoms with Crippen LogP contribution >= 0.6 is 0 Å². The quantitative estimate of drug-likeness (QED) is 0.797. The summed E-state index contributed by atoms with van der Waals surface area (Å²) in [6, 6.07) is 5.29. The van der Waals surface area contributed by atoms with E-state index in [2.05, 4.69) is 5.32 Å². The summed E-state index contributed by atoms with van der Waals surface area (Å²) in [7, 11) is 0. The normalized spacial score (nSPS) is 18.1. The molecule has 1 saturated carbocycles. The Kier molecular flexibility index (Phi) is 4.42. The molecule has 1 atom stereocenters. The average molecular weight is 267 g/mol. The van der Waals surface area contributed by atoms with E-state index in [1.807, 2.05) is 6.92 Å². The molecule has 1 unspecified atom stereocenters. The van der Waals surface area contributed by atoms with Crippen molar-refractivity contribution in [2.75, 3.05) is 13.2 Å². The topological polar surface area (TPSA) is 41.5 Å². The van der Waals surface area contributed by atoms with E-state index < -0.39 is 0 Å². The molecule has 1 fully saturated rings. The lowest BCUT2D eigenvalue weighted by Gasteiger charge is -2.29. The second-order valence-electron chi connectivity index (χ2n) is 5.65. The van der Waals surface area contributed by atoms with Crippen molar-refractivity contribution in [1.82, 2.24) is 5.32 Å². The zero-order valence-electron chi connectivity index (χ0n) is 11.6. The average Bonchev–Trinajstić information content (AvgIpc) is 3.17. The Balaban J connectivity index is 1.82. The predicted octanol–water partition coefficient (Wildman–Crippen LogP) is 2.41. The summed E-state index contributed by atoms with van der Waals surface area (Å²) in [5.41, 5.74) is 0.287. The van der Waals surface area contributed by atoms with E-state index in [4.69, 9.17) is 4.74 Å². The Labute approximate surface area is 113 Å². The number of halogens is 1. The van der Waals surface area contributed by atoms with Gasteiger partial charge in [-0.15, -0.1) is 0 Å². The molecule has 1 aromatic rings. The molecule has 2 rings (SSSR count). The lowest BCUT2D eigenvalue weighted by Crippen LogP contribution is -2.48. The fraction of sp³-hybridized carbons (Fsp3) is 0.600. The standard InChI is InChI=1S/C15H22FNO2/c1-11-9-13(5-6-14(11)16)19-8-7-15(2,10-18)17-12-3-4-12/h5-6,9,12,17-18H,3-4,7-8,10H2,1-2H3. The van der Waals surface area contributed by atoms with Crippen molar-refractivity contribution in [2.45, 2.75) is 44.7 Å². The Morgan fingerprint density at radius 2 is 2.21 bits per heavy atom. The maximum atomic E-state index is 13.1. The molecule has 0 bridgehead atoms. The first-order chi connectivity index (χ1) is 9.02. The molecule has 0 aliphatic heterocycles. The third-order valence-corrected chi connectivity index (χ3v) is 3.53. The van der Waals surface area contributed by atoms with Gasteiger partial charge in [-0.1, -0.05) is 0 Å². The summed E-state index contributed by atoms with van der Waals surface area (Å²) in [4.78, 5) is 0. The van der Waals surface area contributed by atoms with Gasteiger partial charge in [0.15, 0.2) is 0 Å². The van der Waals surface area contributed by atoms with Crippen LogP contribution in [0.4, 0.5) is 4.39 Å². The molecular formula is C15H22FNO2. The van der Waals surface area contributed by atoms with Crippen molar-refractivity contribution in [3.63, 3.8) is 0 Å². The molecule has 4 heteroatoms. The maximum Gasteiger partial charge on any atom is 0.126 e. The highest BCUT2D eigenvalue weighted by atomic mass is 19.1. The number of aryl methyl sites for hydroxylation is 1. The number of hydrogen-bond acceptors (Lipinski definition) is 3. The van der Waals surface area contributed by atoms with Crippen LogP contribution in [0.15, 0.2) is 18.2 Å². The summed E-state index contributed by atoms with van der Waals surface area (Å²) in [5.74, 6) is 0.452. The van der Waals surface area contributed by atoms with Crippen molar-refractivity contribution in [3.05, 3.63) is 29.6 Å². The third-order valence-electron chi connectivity index (χ3n) is 3.53. The maximum absolute atomic E-state index is 13.1. The van der Waals surface area contributed by atoms with Crippen LogP contribution in [0.3, 0.4) is 0 Å². The van der Waals surface area contributed by atoms with E-state index in [1.165, 1.54) is 18.9 Å². The Morgan fingerprint density at radius 3 is 2.79 bits per heavy atom. The van der Waals surface area contributed by atoms with Crippen molar-refractivity contribution in [1.29, 1.82) is 0 Å². The molecule has 0 aromatic heterocycles. The molecular weight excluding hydrogens is 245 g/mol. The van der Waals surface area contributed by atoms with E-state index in [1.54, 1.807) is 19.1 Å². The number of nitrogens with one attached hydrogen (secondary N) is 1. The highest BCUT2D eigenvalue weighted by Gasteiger charge is 2.31. The van der Waals surface area contributed by atoms with E-state index >= 15 is 0 Å². The number of hydrogen-bond donors (Lipinski definition) is 2. The van der Waals surface area contributed by atoms with Crippen molar-refractivity contribution in [2.24, 2.45) is 0 Å². The van der Waals surface area contributed by atoms with Crippen LogP contribution < -0.4 is 10.1 Å². The van der Waals surface area contributed by atoms with Gasteiger partial charge in [-0.3, -0.25) is 0 Å². The monoisotopic (exact) mass is 267 g/mol. The van der Waals surface area contributed by atoms with Gasteiger partial charge in [-0.25, -0.2) is 4.39 Å². The molecule has 1 aliphatic rings. The molecule has 0 saturated heterocycles. The van der Waals surface area contributed by atoms with Crippen molar-refractivity contribution in [3.8, 4) is 5.75 Å². The summed E-state index contributed by atoms with van der Waals surface area (Å²) < 4.78 is 18.7. The minimum Gasteiger partial charge on any atom is -0.494 e. The molecule has 1 aliphatic carbocycles. The van der Waals surface area contributed by atoms with Crippen LogP contribution in [0, 0.1) is 12.7 Å². The van der Waals surface area contributed by atoms with Crippen LogP contribution in [0.5, 0.6) is 5.75 Å². The van der Waals surface area contributed by atoms with Gasteiger partial charge >= 0.3 is 0 Å². The van der Waals surface area contributed by atoms with E-state index in [-0.39, 0.29) is 18.0 Å². The van der Waals surface area contributed by atoms with Gasteiger partial charge in [0.2, 0.25) is 0 Å². The van der Waals surface area contributed by atoms with Gasteiger partial charge in [-0.2, -0.15) is 0 Å². The summed E-state index contributed by atoms with van der Waals surface area (Å²) >= 11 is 0. The fourth-order valence-corrected chi connectivity index (χ4v) is 2.02. The molecule has 1 aromatic carbocycles. The summed E-state index contributed by atoms with van der Waals surface area (Å²) in [6.45, 7) is 4.32. The smallest absolute Gasteiger partial charge is 0.126 e. The third kappa shape index (κ3) is 4.18. The summed E-state index contributed by atoms with van der Waals surface area (Å²) in [6.07, 6.45) is 3.09. The molecule has 3 nitrogen and oxygen atoms in total. The SMILES string of the molecule is Cc1cc(OCCC(C)(CO)NC2CC2)ccc1F. The van der Waals surface area contributed by atoms with Crippen LogP contribution in [0.1, 0.15) is 31.7 Å². The zero-order chi connectivity index (χ0) is 13.9. The first kappa shape index (κ1) is 14.3. The number of rotatable bonds is 7. The second kappa shape index (κ2) is 5.88. The minimum absolute atomic E-state index is 0.0926. The first-order valence-corrected chi connectivity index (χ1v) is 6.80. The van der Waals surface area contributed by atoms with E-state index in [0.717, 1.165) is 6.42 Å². The van der Waals surface area contributed by atoms with Gasteiger partial charge in [0.05, 0.1) is 13.2 Å². The molecule has 0 amide bonds. The molecule has 2 N–H and O–H groups in total. The van der Waals surface area contributed by atoms with E-state index in [9.17, 15) is 9.50 Å². The van der Waals surface area contributed by atoms with E-state index in [0.29, 0.717) is 24.0 Å². The molecule has 19 heavy (non-hydrogen) atoms. The second-order valence-corrected chi connectivity index (χ2v) is 5.65. The van der Waals surface area contributed by atoms with Crippen LogP contribution in [-0.2, 0) is 0 Å². The van der Waals surface area contributed by atoms with Crippen LogP contribution in [-0.4, -0.2) is 29.9 Å². The number of aliphatic hydroxyl groups excluding tert-OH is 1. The molecule has 0 radical (unpaired) electrons. The molecule has 106 valence electrons. The lowest BCUT2D eigenvalue weighted by molar-refractivity contribution is 0.142. The van der Waals surface area contributed by atoms with Gasteiger partial charge in [0.25, 0.3) is 0 Å². The van der Waals surface area contributed by atoms with Crippen molar-refractivity contribution < 1.29 is 14.2 Å². The van der Waals surface area contributed by atoms with Gasteiger partial charge < -0.3 is 15.2 Å². The molecule has 0 spiro atoms. The van der Waals surface area contributed by atoms with Gasteiger partial charge in [0, 0.05) is 18.0 Å². The number of benzene rings is 1. The van der Waals surface area contributed by atoms with Crippen molar-refractivity contribution >= 4 is 0 Å². The Hall–Kier alpha value is -1.13. The highest BCUT2D eigenvalue weighted by Crippen LogP contribution is 2.24. The van der Waals surface area contributed by atoms with Gasteiger partial charge in [0.1, 0.15) is 11.6 Å². The minimum atomic E-state index is -0.295. The summed E-state index contributed by atoms with van der Waals surface area (Å²) in [5, 5.41) is 12.9. The van der Waals surface area contributed by atoms with Crippen LogP contribution in [0.2, 0.25) is 0 Å². The largest absolute Gasteiger partial charge is 0.494 e. The Morgan fingerprint density at radius 1 is 1.47 bits per heavy atom. The first-order valence-electron chi connectivity index (χ1n) is 6.80. The lowest BCUT2D eigenvalue weighted by atomic mass is 9.99. The zero-order valence-corrected chi connectivity index (χ0v) is 11.6.